The molecular formula is C13H23Br. The van der Waals surface area contributed by atoms with Gasteiger partial charge in [-0.3, -0.25) is 0 Å². The van der Waals surface area contributed by atoms with E-state index in [1.165, 1.54) is 44.9 Å². The Kier molecular flexibility index (Phi) is 3.26. The van der Waals surface area contributed by atoms with E-state index in [0.29, 0.717) is 5.41 Å². The Hall–Kier alpha value is 0.480. The summed E-state index contributed by atoms with van der Waals surface area (Å²) in [6.45, 7) is 4.76. The average molecular weight is 259 g/mol. The van der Waals surface area contributed by atoms with Gasteiger partial charge in [-0.1, -0.05) is 55.5 Å². The predicted molar refractivity (Wildman–Crippen MR) is 65.8 cm³/mol. The molecule has 0 spiro atoms. The second-order valence-corrected chi connectivity index (χ2v) is 7.18. The van der Waals surface area contributed by atoms with Crippen LogP contribution in [0.2, 0.25) is 0 Å². The molecule has 14 heavy (non-hydrogen) atoms. The SMILES string of the molecule is CC1CCC(CC2(C(C)Br)CC2)CC1. The van der Waals surface area contributed by atoms with Gasteiger partial charge in [0.15, 0.2) is 0 Å². The Labute approximate surface area is 97.0 Å². The van der Waals surface area contributed by atoms with Gasteiger partial charge in [0.2, 0.25) is 0 Å². The molecule has 2 fully saturated rings. The van der Waals surface area contributed by atoms with Gasteiger partial charge in [0.1, 0.15) is 0 Å². The molecule has 2 aliphatic carbocycles. The van der Waals surface area contributed by atoms with Gasteiger partial charge in [-0.15, -0.1) is 0 Å². The molecule has 1 atom stereocenters. The maximum Gasteiger partial charge on any atom is 0.0174 e. The fourth-order valence-electron chi connectivity index (χ4n) is 3.03. The lowest BCUT2D eigenvalue weighted by molar-refractivity contribution is 0.237. The van der Waals surface area contributed by atoms with Gasteiger partial charge >= 0.3 is 0 Å². The van der Waals surface area contributed by atoms with Crippen molar-refractivity contribution < 1.29 is 0 Å². The van der Waals surface area contributed by atoms with Crippen LogP contribution >= 0.6 is 15.9 Å². The molecular weight excluding hydrogens is 236 g/mol. The Balaban J connectivity index is 1.81. The van der Waals surface area contributed by atoms with E-state index < -0.39 is 0 Å². The van der Waals surface area contributed by atoms with Gasteiger partial charge < -0.3 is 0 Å². The quantitative estimate of drug-likeness (QED) is 0.640. The first-order valence-electron chi connectivity index (χ1n) is 6.26. The molecule has 1 unspecified atom stereocenters. The summed E-state index contributed by atoms with van der Waals surface area (Å²) < 4.78 is 0. The van der Waals surface area contributed by atoms with Gasteiger partial charge in [-0.2, -0.15) is 0 Å². The monoisotopic (exact) mass is 258 g/mol. The zero-order valence-corrected chi connectivity index (χ0v) is 11.1. The normalized spacial score (nSPS) is 37.9. The summed E-state index contributed by atoms with van der Waals surface area (Å²) in [6.07, 6.45) is 10.4. The van der Waals surface area contributed by atoms with Crippen molar-refractivity contribution in [3.8, 4) is 0 Å². The van der Waals surface area contributed by atoms with Crippen molar-refractivity contribution in [2.24, 2.45) is 17.3 Å². The third-order valence-electron chi connectivity index (χ3n) is 4.57. The fraction of sp³-hybridized carbons (Fsp3) is 1.00. The lowest BCUT2D eigenvalue weighted by atomic mass is 9.77. The Morgan fingerprint density at radius 1 is 1.21 bits per heavy atom. The molecule has 82 valence electrons. The van der Waals surface area contributed by atoms with E-state index in [9.17, 15) is 0 Å². The number of hydrogen-bond donors (Lipinski definition) is 0. The van der Waals surface area contributed by atoms with Crippen LogP contribution < -0.4 is 0 Å². The zero-order chi connectivity index (χ0) is 10.2. The summed E-state index contributed by atoms with van der Waals surface area (Å²) in [5.41, 5.74) is 0.714. The standard InChI is InChI=1S/C13H23Br/c1-10-3-5-12(6-4-10)9-13(7-8-13)11(2)14/h10-12H,3-9H2,1-2H3. The maximum absolute atomic E-state index is 3.80. The first-order valence-corrected chi connectivity index (χ1v) is 7.18. The van der Waals surface area contributed by atoms with Crippen LogP contribution in [0.5, 0.6) is 0 Å². The molecule has 0 saturated heterocycles. The van der Waals surface area contributed by atoms with Gasteiger partial charge in [0, 0.05) is 4.83 Å². The summed E-state index contributed by atoms with van der Waals surface area (Å²) in [5, 5.41) is 0. The van der Waals surface area contributed by atoms with Crippen LogP contribution in [0.4, 0.5) is 0 Å². The molecule has 2 aliphatic rings. The predicted octanol–water partition coefficient (Wildman–Crippen LogP) is 4.77. The second kappa shape index (κ2) is 4.15. The molecule has 0 aliphatic heterocycles. The Bertz CT molecular complexity index is 185. The number of hydrogen-bond acceptors (Lipinski definition) is 0. The van der Waals surface area contributed by atoms with Crippen molar-refractivity contribution >= 4 is 15.9 Å². The highest BCUT2D eigenvalue weighted by atomic mass is 79.9. The lowest BCUT2D eigenvalue weighted by Gasteiger charge is -2.30. The zero-order valence-electron chi connectivity index (χ0n) is 9.56. The summed E-state index contributed by atoms with van der Waals surface area (Å²) in [4.78, 5) is 0.745. The molecule has 0 heterocycles. The Morgan fingerprint density at radius 2 is 1.79 bits per heavy atom. The highest BCUT2D eigenvalue weighted by molar-refractivity contribution is 9.09. The van der Waals surface area contributed by atoms with E-state index in [1.54, 1.807) is 0 Å². The molecule has 2 saturated carbocycles. The third kappa shape index (κ3) is 2.35. The number of halogens is 1. The van der Waals surface area contributed by atoms with Crippen molar-refractivity contribution in [1.82, 2.24) is 0 Å². The molecule has 0 aromatic rings. The smallest absolute Gasteiger partial charge is 0.0174 e. The van der Waals surface area contributed by atoms with Crippen molar-refractivity contribution in [3.05, 3.63) is 0 Å². The largest absolute Gasteiger partial charge is 0.0888 e. The van der Waals surface area contributed by atoms with Gasteiger partial charge in [0.05, 0.1) is 0 Å². The van der Waals surface area contributed by atoms with E-state index in [2.05, 4.69) is 29.8 Å². The van der Waals surface area contributed by atoms with Gasteiger partial charge in [-0.25, -0.2) is 0 Å². The summed E-state index contributed by atoms with van der Waals surface area (Å²) in [6, 6.07) is 0. The van der Waals surface area contributed by atoms with Gasteiger partial charge in [0.25, 0.3) is 0 Å². The highest BCUT2D eigenvalue weighted by Gasteiger charge is 2.47. The van der Waals surface area contributed by atoms with Crippen molar-refractivity contribution in [1.29, 1.82) is 0 Å². The van der Waals surface area contributed by atoms with E-state index in [4.69, 9.17) is 0 Å². The van der Waals surface area contributed by atoms with Crippen LogP contribution in [0.15, 0.2) is 0 Å². The minimum atomic E-state index is 0.714. The van der Waals surface area contributed by atoms with E-state index in [-0.39, 0.29) is 0 Å². The minimum absolute atomic E-state index is 0.714. The van der Waals surface area contributed by atoms with E-state index in [0.717, 1.165) is 16.7 Å². The van der Waals surface area contributed by atoms with E-state index >= 15 is 0 Å². The topological polar surface area (TPSA) is 0 Å². The summed E-state index contributed by atoms with van der Waals surface area (Å²) in [5.74, 6) is 2.05. The highest BCUT2D eigenvalue weighted by Crippen LogP contribution is 2.57. The molecule has 0 nitrogen and oxygen atoms in total. The molecule has 0 aromatic heterocycles. The summed E-state index contributed by atoms with van der Waals surface area (Å²) in [7, 11) is 0. The molecule has 0 amide bonds. The van der Waals surface area contributed by atoms with Crippen LogP contribution in [0.25, 0.3) is 0 Å². The average Bonchev–Trinajstić information content (AvgIpc) is 2.90. The van der Waals surface area contributed by atoms with Crippen molar-refractivity contribution in [3.63, 3.8) is 0 Å². The molecule has 0 bridgehead atoms. The lowest BCUT2D eigenvalue weighted by Crippen LogP contribution is -2.20. The van der Waals surface area contributed by atoms with Crippen LogP contribution in [-0.4, -0.2) is 4.83 Å². The van der Waals surface area contributed by atoms with Crippen molar-refractivity contribution in [2.45, 2.75) is 63.6 Å². The molecule has 1 heteroatoms. The summed E-state index contributed by atoms with van der Waals surface area (Å²) >= 11 is 3.80. The fourth-order valence-corrected chi connectivity index (χ4v) is 3.68. The molecule has 0 N–H and O–H groups in total. The first-order chi connectivity index (χ1) is 6.62. The Morgan fingerprint density at radius 3 is 2.21 bits per heavy atom. The van der Waals surface area contributed by atoms with Crippen LogP contribution in [0, 0.1) is 17.3 Å². The third-order valence-corrected chi connectivity index (χ3v) is 5.54. The van der Waals surface area contributed by atoms with Crippen LogP contribution in [0.1, 0.15) is 58.8 Å². The van der Waals surface area contributed by atoms with Gasteiger partial charge in [-0.05, 0) is 36.5 Å². The maximum atomic E-state index is 3.80. The second-order valence-electron chi connectivity index (χ2n) is 5.81. The minimum Gasteiger partial charge on any atom is -0.0888 e. The number of rotatable bonds is 3. The van der Waals surface area contributed by atoms with E-state index in [1.807, 2.05) is 0 Å². The molecule has 0 radical (unpaired) electrons. The van der Waals surface area contributed by atoms with Crippen molar-refractivity contribution in [2.75, 3.05) is 0 Å². The van der Waals surface area contributed by atoms with Crippen LogP contribution in [-0.2, 0) is 0 Å². The molecule has 0 aromatic carbocycles. The number of alkyl halides is 1. The molecule has 2 rings (SSSR count). The van der Waals surface area contributed by atoms with Crippen LogP contribution in [0.3, 0.4) is 0 Å². The first kappa shape index (κ1) is 11.0.